The van der Waals surface area contributed by atoms with Crippen molar-refractivity contribution in [1.82, 2.24) is 0 Å². The van der Waals surface area contributed by atoms with Crippen LogP contribution in [-0.2, 0) is 19.7 Å². The molecule has 0 bridgehead atoms. The van der Waals surface area contributed by atoms with Gasteiger partial charge in [-0.1, -0.05) is 32.0 Å². The molecule has 2 heterocycles. The maximum Gasteiger partial charge on any atom is 0.247 e. The zero-order valence-corrected chi connectivity index (χ0v) is 15.6. The lowest BCUT2D eigenvalue weighted by Crippen LogP contribution is -2.49. The first kappa shape index (κ1) is 17.3. The molecule has 1 aliphatic carbocycles. The van der Waals surface area contributed by atoms with Crippen LogP contribution in [0.15, 0.2) is 47.1 Å². The summed E-state index contributed by atoms with van der Waals surface area (Å²) in [6.07, 6.45) is 0.860. The smallest absolute Gasteiger partial charge is 0.247 e. The van der Waals surface area contributed by atoms with Gasteiger partial charge in [0, 0.05) is 31.1 Å². The predicted molar refractivity (Wildman–Crippen MR) is 99.0 cm³/mol. The summed E-state index contributed by atoms with van der Waals surface area (Å²) in [6.45, 7) is 4.12. The molecule has 1 spiro atoms. The molecule has 4 rings (SSSR count). The number of ketones is 1. The molecule has 3 aliphatic rings. The normalized spacial score (nSPS) is 27.1. The van der Waals surface area contributed by atoms with Crippen molar-refractivity contribution in [2.24, 2.45) is 17.6 Å². The van der Waals surface area contributed by atoms with Gasteiger partial charge in [0.05, 0.1) is 5.57 Å². The maximum atomic E-state index is 13.5. The maximum absolute atomic E-state index is 13.5. The highest BCUT2D eigenvalue weighted by Gasteiger charge is 2.61. The summed E-state index contributed by atoms with van der Waals surface area (Å²) in [7, 11) is 1.65. The molecule has 2 N–H and O–H groups in total. The van der Waals surface area contributed by atoms with Crippen LogP contribution in [-0.4, -0.2) is 18.7 Å². The molecular weight excluding hydrogens is 342 g/mol. The summed E-state index contributed by atoms with van der Waals surface area (Å²) >= 11 is 0. The van der Waals surface area contributed by atoms with E-state index in [-0.39, 0.29) is 34.6 Å². The third kappa shape index (κ3) is 2.05. The molecule has 0 saturated carbocycles. The van der Waals surface area contributed by atoms with E-state index in [1.54, 1.807) is 19.2 Å². The number of benzene rings is 1. The molecule has 0 saturated heterocycles. The van der Waals surface area contributed by atoms with E-state index in [4.69, 9.17) is 10.5 Å². The Hall–Kier alpha value is -3.07. The van der Waals surface area contributed by atoms with E-state index in [0.29, 0.717) is 35.8 Å². The van der Waals surface area contributed by atoms with Crippen molar-refractivity contribution >= 4 is 17.4 Å². The van der Waals surface area contributed by atoms with E-state index in [1.165, 1.54) is 4.90 Å². The molecule has 0 aromatic heterocycles. The molecule has 1 aromatic carbocycles. The van der Waals surface area contributed by atoms with Gasteiger partial charge < -0.3 is 15.4 Å². The van der Waals surface area contributed by atoms with Crippen LogP contribution in [0.1, 0.15) is 32.3 Å². The number of nitrogens with two attached hydrogens (primary N) is 1. The molecule has 2 unspecified atom stereocenters. The van der Waals surface area contributed by atoms with Crippen LogP contribution in [0.25, 0.3) is 0 Å². The average molecular weight is 363 g/mol. The number of carbonyl (C=O) groups is 2. The highest BCUT2D eigenvalue weighted by molar-refractivity contribution is 6.19. The molecule has 1 aromatic rings. The van der Waals surface area contributed by atoms with Gasteiger partial charge in [-0.05, 0) is 17.9 Å². The molecule has 0 fully saturated rings. The predicted octanol–water partition coefficient (Wildman–Crippen LogP) is 2.51. The Morgan fingerprint density at radius 1 is 1.30 bits per heavy atom. The standard InChI is InChI=1S/C21H21N3O3/c1-11(2)12-8-16(25)18-17(9-12)27-19(23)14(10-22)21(18)13-6-4-5-7-15(13)24(3)20(21)26/h4-7,11-12H,8-9,23H2,1-3H3. The number of anilines is 1. The van der Waals surface area contributed by atoms with Crippen molar-refractivity contribution in [3.8, 4) is 6.07 Å². The fourth-order valence-corrected chi connectivity index (χ4v) is 4.57. The van der Waals surface area contributed by atoms with E-state index in [9.17, 15) is 14.9 Å². The summed E-state index contributed by atoms with van der Waals surface area (Å²) in [5.41, 5.74) is 6.17. The van der Waals surface area contributed by atoms with E-state index in [2.05, 4.69) is 19.9 Å². The number of carbonyl (C=O) groups excluding carboxylic acids is 2. The summed E-state index contributed by atoms with van der Waals surface area (Å²) < 4.78 is 5.75. The number of nitriles is 1. The van der Waals surface area contributed by atoms with Crippen molar-refractivity contribution in [2.75, 3.05) is 11.9 Å². The molecule has 1 amide bonds. The SMILES string of the molecule is CC(C)C1CC(=O)C2=C(C1)OC(N)=C(C#N)C21C(=O)N(C)c2ccccc21. The van der Waals surface area contributed by atoms with Crippen molar-refractivity contribution in [3.05, 3.63) is 52.6 Å². The van der Waals surface area contributed by atoms with E-state index >= 15 is 0 Å². The van der Waals surface area contributed by atoms with Crippen molar-refractivity contribution < 1.29 is 14.3 Å². The molecule has 27 heavy (non-hydrogen) atoms. The monoisotopic (exact) mass is 363 g/mol. The number of hydrogen-bond acceptors (Lipinski definition) is 5. The first-order chi connectivity index (χ1) is 12.8. The average Bonchev–Trinajstić information content (AvgIpc) is 2.85. The summed E-state index contributed by atoms with van der Waals surface area (Å²) in [5.74, 6) is 0.268. The Balaban J connectivity index is 2.05. The zero-order chi connectivity index (χ0) is 19.5. The lowest BCUT2D eigenvalue weighted by atomic mass is 9.63. The Labute approximate surface area is 157 Å². The fraction of sp³-hybridized carbons (Fsp3) is 0.381. The second-order valence-electron chi connectivity index (χ2n) is 7.72. The molecule has 0 radical (unpaired) electrons. The molecule has 2 aliphatic heterocycles. The van der Waals surface area contributed by atoms with Crippen LogP contribution >= 0.6 is 0 Å². The van der Waals surface area contributed by atoms with Crippen LogP contribution in [0.2, 0.25) is 0 Å². The quantitative estimate of drug-likeness (QED) is 0.827. The van der Waals surface area contributed by atoms with Crippen LogP contribution < -0.4 is 10.6 Å². The Morgan fingerprint density at radius 3 is 2.67 bits per heavy atom. The van der Waals surface area contributed by atoms with Gasteiger partial charge in [0.1, 0.15) is 22.8 Å². The number of Topliss-reactive ketones (excluding diaryl/α,β-unsaturated/α-hetero) is 1. The number of hydrogen-bond donors (Lipinski definition) is 1. The topological polar surface area (TPSA) is 96.4 Å². The number of ether oxygens (including phenoxy) is 1. The number of para-hydroxylation sites is 1. The van der Waals surface area contributed by atoms with Crippen molar-refractivity contribution in [2.45, 2.75) is 32.1 Å². The lowest BCUT2D eigenvalue weighted by Gasteiger charge is -2.39. The summed E-state index contributed by atoms with van der Waals surface area (Å²) in [5, 5.41) is 9.86. The zero-order valence-electron chi connectivity index (χ0n) is 15.6. The van der Waals surface area contributed by atoms with Crippen molar-refractivity contribution in [1.29, 1.82) is 5.26 Å². The minimum Gasteiger partial charge on any atom is -0.444 e. The molecule has 138 valence electrons. The molecule has 6 nitrogen and oxygen atoms in total. The highest BCUT2D eigenvalue weighted by atomic mass is 16.5. The van der Waals surface area contributed by atoms with Gasteiger partial charge in [0.15, 0.2) is 5.78 Å². The minimum atomic E-state index is -1.50. The summed E-state index contributed by atoms with van der Waals surface area (Å²) in [4.78, 5) is 28.3. The van der Waals surface area contributed by atoms with Gasteiger partial charge in [0.2, 0.25) is 11.8 Å². The van der Waals surface area contributed by atoms with Gasteiger partial charge in [-0.15, -0.1) is 0 Å². The van der Waals surface area contributed by atoms with Crippen LogP contribution in [0.3, 0.4) is 0 Å². The first-order valence-electron chi connectivity index (χ1n) is 9.06. The van der Waals surface area contributed by atoms with Gasteiger partial charge in [-0.25, -0.2) is 0 Å². The van der Waals surface area contributed by atoms with Gasteiger partial charge >= 0.3 is 0 Å². The molecule has 2 atom stereocenters. The number of nitrogens with zero attached hydrogens (tertiary/aromatic N) is 2. The van der Waals surface area contributed by atoms with Gasteiger partial charge in [-0.2, -0.15) is 5.26 Å². The van der Waals surface area contributed by atoms with Crippen LogP contribution in [0, 0.1) is 23.2 Å². The Morgan fingerprint density at radius 2 is 2.00 bits per heavy atom. The third-order valence-corrected chi connectivity index (χ3v) is 6.03. The number of allylic oxidation sites excluding steroid dienone is 1. The van der Waals surface area contributed by atoms with Crippen molar-refractivity contribution in [3.63, 3.8) is 0 Å². The van der Waals surface area contributed by atoms with E-state index in [1.807, 2.05) is 12.1 Å². The van der Waals surface area contributed by atoms with Gasteiger partial charge in [0.25, 0.3) is 0 Å². The number of amides is 1. The summed E-state index contributed by atoms with van der Waals surface area (Å²) in [6, 6.07) is 9.29. The van der Waals surface area contributed by atoms with Gasteiger partial charge in [-0.3, -0.25) is 9.59 Å². The second-order valence-corrected chi connectivity index (χ2v) is 7.72. The number of rotatable bonds is 1. The first-order valence-corrected chi connectivity index (χ1v) is 9.06. The molecular formula is C21H21N3O3. The number of likely N-dealkylation sites (N-methyl/N-ethyl adjacent to an activating group) is 1. The molecule has 6 heteroatoms. The van der Waals surface area contributed by atoms with E-state index in [0.717, 1.165) is 0 Å². The number of fused-ring (bicyclic) bond motifs is 3. The highest BCUT2D eigenvalue weighted by Crippen LogP contribution is 2.56. The third-order valence-electron chi connectivity index (χ3n) is 6.03. The second kappa shape index (κ2) is 5.71. The van der Waals surface area contributed by atoms with Crippen LogP contribution in [0.4, 0.5) is 5.69 Å². The largest absolute Gasteiger partial charge is 0.444 e. The minimum absolute atomic E-state index is 0.000558. The van der Waals surface area contributed by atoms with E-state index < -0.39 is 5.41 Å². The lowest BCUT2D eigenvalue weighted by molar-refractivity contribution is -0.125. The van der Waals surface area contributed by atoms with Crippen LogP contribution in [0.5, 0.6) is 0 Å². The fourth-order valence-electron chi connectivity index (χ4n) is 4.57. The Bertz CT molecular complexity index is 983. The Kier molecular flexibility index (Phi) is 3.67.